The summed E-state index contributed by atoms with van der Waals surface area (Å²) in [6.45, 7) is 0. The maximum Gasteiger partial charge on any atom is 0.304 e. The van der Waals surface area contributed by atoms with Crippen molar-refractivity contribution in [2.45, 2.75) is 12.3 Å². The average Bonchev–Trinajstić information content (AvgIpc) is 2.73. The van der Waals surface area contributed by atoms with E-state index in [9.17, 15) is 4.79 Å². The van der Waals surface area contributed by atoms with E-state index in [4.69, 9.17) is 5.11 Å². The standard InChI is InChI=1S/C11H9BrN2O2S/c12-7-4-9(17-6-7)8(5-10(15)16)11-13-2-1-3-14-11/h1-4,6,8H,5H2,(H,15,16). The Labute approximate surface area is 110 Å². The molecule has 2 aromatic heterocycles. The molecule has 0 radical (unpaired) electrons. The lowest BCUT2D eigenvalue weighted by molar-refractivity contribution is -0.137. The Morgan fingerprint density at radius 3 is 2.71 bits per heavy atom. The van der Waals surface area contributed by atoms with Crippen molar-refractivity contribution < 1.29 is 9.90 Å². The van der Waals surface area contributed by atoms with E-state index in [1.807, 2.05) is 11.4 Å². The quantitative estimate of drug-likeness (QED) is 0.943. The molecule has 6 heteroatoms. The SMILES string of the molecule is O=C(O)CC(c1ncccn1)c1cc(Br)cs1. The van der Waals surface area contributed by atoms with Crippen LogP contribution in [0.5, 0.6) is 0 Å². The molecule has 2 rings (SSSR count). The normalized spacial score (nSPS) is 12.3. The first-order valence-electron chi connectivity index (χ1n) is 4.89. The summed E-state index contributed by atoms with van der Waals surface area (Å²) in [5.41, 5.74) is 0. The highest BCUT2D eigenvalue weighted by Gasteiger charge is 2.21. The second kappa shape index (κ2) is 5.37. The summed E-state index contributed by atoms with van der Waals surface area (Å²) in [6.07, 6.45) is 3.25. The summed E-state index contributed by atoms with van der Waals surface area (Å²) in [4.78, 5) is 20.1. The lowest BCUT2D eigenvalue weighted by Crippen LogP contribution is -2.09. The van der Waals surface area contributed by atoms with Gasteiger partial charge in [0.1, 0.15) is 5.82 Å². The van der Waals surface area contributed by atoms with Gasteiger partial charge in [-0.1, -0.05) is 0 Å². The van der Waals surface area contributed by atoms with E-state index in [-0.39, 0.29) is 12.3 Å². The Kier molecular flexibility index (Phi) is 3.86. The molecule has 0 saturated heterocycles. The molecular formula is C11H9BrN2O2S. The fourth-order valence-corrected chi connectivity index (χ4v) is 3.04. The summed E-state index contributed by atoms with van der Waals surface area (Å²) >= 11 is 4.87. The van der Waals surface area contributed by atoms with Crippen molar-refractivity contribution in [3.05, 3.63) is 45.1 Å². The Morgan fingerprint density at radius 1 is 1.47 bits per heavy atom. The van der Waals surface area contributed by atoms with Crippen molar-refractivity contribution in [2.75, 3.05) is 0 Å². The third-order valence-corrected chi connectivity index (χ3v) is 4.01. The first kappa shape index (κ1) is 12.2. The maximum atomic E-state index is 10.9. The number of aliphatic carboxylic acids is 1. The van der Waals surface area contributed by atoms with Crippen LogP contribution in [0, 0.1) is 0 Å². The monoisotopic (exact) mass is 312 g/mol. The van der Waals surface area contributed by atoms with E-state index in [0.717, 1.165) is 9.35 Å². The van der Waals surface area contributed by atoms with E-state index >= 15 is 0 Å². The Hall–Kier alpha value is -1.27. The van der Waals surface area contributed by atoms with Crippen LogP contribution in [0.3, 0.4) is 0 Å². The minimum atomic E-state index is -0.855. The van der Waals surface area contributed by atoms with Gasteiger partial charge in [0, 0.05) is 27.1 Å². The first-order chi connectivity index (χ1) is 8.16. The molecule has 0 aliphatic rings. The number of carboxylic acids is 1. The smallest absolute Gasteiger partial charge is 0.304 e. The highest BCUT2D eigenvalue weighted by atomic mass is 79.9. The van der Waals surface area contributed by atoms with Gasteiger partial charge in [-0.15, -0.1) is 11.3 Å². The number of halogens is 1. The number of rotatable bonds is 4. The van der Waals surface area contributed by atoms with Crippen molar-refractivity contribution in [2.24, 2.45) is 0 Å². The minimum absolute atomic E-state index is 0.00301. The number of nitrogens with zero attached hydrogens (tertiary/aromatic N) is 2. The van der Waals surface area contributed by atoms with Crippen molar-refractivity contribution in [1.29, 1.82) is 0 Å². The van der Waals surface area contributed by atoms with Gasteiger partial charge in [-0.05, 0) is 28.1 Å². The molecule has 1 unspecified atom stereocenters. The molecule has 0 aliphatic heterocycles. The number of hydrogen-bond acceptors (Lipinski definition) is 4. The number of carbonyl (C=O) groups is 1. The summed E-state index contributed by atoms with van der Waals surface area (Å²) in [5, 5.41) is 10.9. The molecule has 4 nitrogen and oxygen atoms in total. The molecule has 2 heterocycles. The molecule has 0 aliphatic carbocycles. The van der Waals surface area contributed by atoms with Gasteiger partial charge in [0.05, 0.1) is 12.3 Å². The van der Waals surface area contributed by atoms with Crippen LogP contribution in [0.15, 0.2) is 34.4 Å². The van der Waals surface area contributed by atoms with Gasteiger partial charge in [0.25, 0.3) is 0 Å². The van der Waals surface area contributed by atoms with Gasteiger partial charge >= 0.3 is 5.97 Å². The number of carboxylic acid groups (broad SMARTS) is 1. The summed E-state index contributed by atoms with van der Waals surface area (Å²) < 4.78 is 0.948. The predicted molar refractivity (Wildman–Crippen MR) is 68.1 cm³/mol. The van der Waals surface area contributed by atoms with E-state index in [2.05, 4.69) is 25.9 Å². The Balaban J connectivity index is 2.35. The molecule has 0 spiro atoms. The molecule has 0 saturated carbocycles. The Morgan fingerprint density at radius 2 is 2.18 bits per heavy atom. The van der Waals surface area contributed by atoms with E-state index in [1.54, 1.807) is 18.5 Å². The highest BCUT2D eigenvalue weighted by molar-refractivity contribution is 9.10. The first-order valence-corrected chi connectivity index (χ1v) is 6.56. The van der Waals surface area contributed by atoms with Gasteiger partial charge in [-0.2, -0.15) is 0 Å². The van der Waals surface area contributed by atoms with Crippen LogP contribution in [0.1, 0.15) is 23.0 Å². The van der Waals surface area contributed by atoms with E-state index in [1.165, 1.54) is 11.3 Å². The van der Waals surface area contributed by atoms with Crippen molar-refractivity contribution in [3.63, 3.8) is 0 Å². The maximum absolute atomic E-state index is 10.9. The Bertz CT molecular complexity index is 515. The molecular weight excluding hydrogens is 304 g/mol. The molecule has 0 aromatic carbocycles. The van der Waals surface area contributed by atoms with Crippen LogP contribution in [-0.4, -0.2) is 21.0 Å². The highest BCUT2D eigenvalue weighted by Crippen LogP contribution is 2.32. The molecule has 0 fully saturated rings. The summed E-state index contributed by atoms with van der Waals surface area (Å²) in [7, 11) is 0. The van der Waals surface area contributed by atoms with Gasteiger partial charge in [0.15, 0.2) is 0 Å². The fourth-order valence-electron chi connectivity index (χ4n) is 1.50. The van der Waals surface area contributed by atoms with Crippen LogP contribution in [0.2, 0.25) is 0 Å². The second-order valence-electron chi connectivity index (χ2n) is 3.42. The van der Waals surface area contributed by atoms with E-state index < -0.39 is 5.97 Å². The van der Waals surface area contributed by atoms with Crippen molar-refractivity contribution in [3.8, 4) is 0 Å². The second-order valence-corrected chi connectivity index (χ2v) is 5.28. The van der Waals surface area contributed by atoms with Crippen molar-refractivity contribution in [1.82, 2.24) is 9.97 Å². The lowest BCUT2D eigenvalue weighted by Gasteiger charge is -2.10. The topological polar surface area (TPSA) is 63.1 Å². The van der Waals surface area contributed by atoms with Gasteiger partial charge in [0.2, 0.25) is 0 Å². The largest absolute Gasteiger partial charge is 0.481 e. The fraction of sp³-hybridized carbons (Fsp3) is 0.182. The number of hydrogen-bond donors (Lipinski definition) is 1. The number of thiophene rings is 1. The molecule has 0 amide bonds. The van der Waals surface area contributed by atoms with Crippen LogP contribution >= 0.6 is 27.3 Å². The third-order valence-electron chi connectivity index (χ3n) is 2.21. The molecule has 0 bridgehead atoms. The van der Waals surface area contributed by atoms with Crippen LogP contribution in [0.25, 0.3) is 0 Å². The van der Waals surface area contributed by atoms with Crippen LogP contribution < -0.4 is 0 Å². The predicted octanol–water partition coefficient (Wildman–Crippen LogP) is 2.91. The summed E-state index contributed by atoms with van der Waals surface area (Å²) in [5.74, 6) is -0.596. The summed E-state index contributed by atoms with van der Waals surface area (Å²) in [6, 6.07) is 3.63. The van der Waals surface area contributed by atoms with Crippen LogP contribution in [-0.2, 0) is 4.79 Å². The zero-order valence-corrected chi connectivity index (χ0v) is 11.1. The molecule has 88 valence electrons. The van der Waals surface area contributed by atoms with Gasteiger partial charge < -0.3 is 5.11 Å². The van der Waals surface area contributed by atoms with E-state index in [0.29, 0.717) is 5.82 Å². The zero-order valence-electron chi connectivity index (χ0n) is 8.71. The zero-order chi connectivity index (χ0) is 12.3. The third kappa shape index (κ3) is 3.10. The molecule has 2 aromatic rings. The lowest BCUT2D eigenvalue weighted by atomic mass is 10.0. The van der Waals surface area contributed by atoms with Gasteiger partial charge in [-0.3, -0.25) is 4.79 Å². The number of aromatic nitrogens is 2. The van der Waals surface area contributed by atoms with Gasteiger partial charge in [-0.25, -0.2) is 9.97 Å². The average molecular weight is 313 g/mol. The molecule has 17 heavy (non-hydrogen) atoms. The minimum Gasteiger partial charge on any atom is -0.481 e. The van der Waals surface area contributed by atoms with Crippen molar-refractivity contribution >= 4 is 33.2 Å². The van der Waals surface area contributed by atoms with Crippen LogP contribution in [0.4, 0.5) is 0 Å². The molecule has 1 N–H and O–H groups in total. The molecule has 1 atom stereocenters.